The van der Waals surface area contributed by atoms with Crippen LogP contribution < -0.4 is 14.4 Å². The number of hydrogen-bond acceptors (Lipinski definition) is 4. The summed E-state index contributed by atoms with van der Waals surface area (Å²) in [5.41, 5.74) is 5.40. The van der Waals surface area contributed by atoms with Gasteiger partial charge in [-0.3, -0.25) is 4.79 Å². The van der Waals surface area contributed by atoms with Crippen molar-refractivity contribution in [2.75, 3.05) is 24.7 Å². The molecule has 2 heterocycles. The van der Waals surface area contributed by atoms with Gasteiger partial charge in [-0.15, -0.1) is 0 Å². The van der Waals surface area contributed by atoms with Crippen LogP contribution in [-0.4, -0.2) is 35.2 Å². The second-order valence-electron chi connectivity index (χ2n) is 10.7. The molecule has 1 atom stereocenters. The normalized spacial score (nSPS) is 15.5. The van der Waals surface area contributed by atoms with E-state index in [0.717, 1.165) is 53.4 Å². The van der Waals surface area contributed by atoms with Crippen molar-refractivity contribution in [3.8, 4) is 11.5 Å². The van der Waals surface area contributed by atoms with Gasteiger partial charge in [-0.25, -0.2) is 4.98 Å². The molecule has 0 spiro atoms. The standard InChI is InChI=1S/C33H39N3O3/c1-5-38-30-15-9-8-14-29(30)36-22-25(21-32(36)37)33-34-27-12-6-7-13-28(27)35(33)18-10-11-19-39-31-20-24(4)16-17-26(31)23(2)3/h6-9,12-17,20,23,25H,5,10-11,18-19,21-22H2,1-4H3. The summed E-state index contributed by atoms with van der Waals surface area (Å²) < 4.78 is 14.4. The van der Waals surface area contributed by atoms with Gasteiger partial charge < -0.3 is 18.9 Å². The lowest BCUT2D eigenvalue weighted by Crippen LogP contribution is -2.25. The molecule has 1 saturated heterocycles. The molecule has 0 aliphatic carbocycles. The Hall–Kier alpha value is -3.80. The van der Waals surface area contributed by atoms with E-state index in [-0.39, 0.29) is 11.8 Å². The van der Waals surface area contributed by atoms with Gasteiger partial charge in [0.1, 0.15) is 17.3 Å². The highest BCUT2D eigenvalue weighted by Gasteiger charge is 2.36. The highest BCUT2D eigenvalue weighted by molar-refractivity contribution is 5.97. The van der Waals surface area contributed by atoms with Crippen molar-refractivity contribution in [2.45, 2.75) is 65.3 Å². The molecule has 3 aromatic carbocycles. The van der Waals surface area contributed by atoms with Crippen LogP contribution in [0.25, 0.3) is 11.0 Å². The van der Waals surface area contributed by atoms with Crippen LogP contribution in [0.15, 0.2) is 66.7 Å². The maximum atomic E-state index is 13.2. The number of para-hydroxylation sites is 4. The van der Waals surface area contributed by atoms with Gasteiger partial charge in [-0.1, -0.05) is 50.2 Å². The molecule has 5 rings (SSSR count). The highest BCUT2D eigenvalue weighted by atomic mass is 16.5. The number of amides is 1. The summed E-state index contributed by atoms with van der Waals surface area (Å²) in [5, 5.41) is 0. The number of aromatic nitrogens is 2. The third-order valence-electron chi connectivity index (χ3n) is 7.45. The van der Waals surface area contributed by atoms with Crippen molar-refractivity contribution in [3.05, 3.63) is 83.7 Å². The van der Waals surface area contributed by atoms with Crippen molar-refractivity contribution >= 4 is 22.6 Å². The highest BCUT2D eigenvalue weighted by Crippen LogP contribution is 2.37. The van der Waals surface area contributed by atoms with Gasteiger partial charge in [0.2, 0.25) is 5.91 Å². The molecule has 1 unspecified atom stereocenters. The number of hydrogen-bond donors (Lipinski definition) is 0. The molecule has 1 fully saturated rings. The molecule has 0 saturated carbocycles. The number of benzene rings is 3. The molecule has 6 nitrogen and oxygen atoms in total. The lowest BCUT2D eigenvalue weighted by Gasteiger charge is -2.20. The number of aryl methyl sites for hydroxylation is 2. The number of ether oxygens (including phenoxy) is 2. The molecule has 4 aromatic rings. The number of rotatable bonds is 11. The SMILES string of the molecule is CCOc1ccccc1N1CC(c2nc3ccccc3n2CCCCOc2cc(C)ccc2C(C)C)CC1=O. The fourth-order valence-corrected chi connectivity index (χ4v) is 5.51. The van der Waals surface area contributed by atoms with E-state index in [1.807, 2.05) is 42.2 Å². The van der Waals surface area contributed by atoms with Gasteiger partial charge in [-0.05, 0) is 74.1 Å². The van der Waals surface area contributed by atoms with Crippen LogP contribution in [0.3, 0.4) is 0 Å². The van der Waals surface area contributed by atoms with Gasteiger partial charge in [-0.2, -0.15) is 0 Å². The minimum absolute atomic E-state index is 0.0247. The number of anilines is 1. The van der Waals surface area contributed by atoms with E-state index in [1.165, 1.54) is 11.1 Å². The van der Waals surface area contributed by atoms with Crippen LogP contribution in [0.1, 0.15) is 68.8 Å². The van der Waals surface area contributed by atoms with Crippen LogP contribution >= 0.6 is 0 Å². The average Bonchev–Trinajstić information content (AvgIpc) is 3.49. The van der Waals surface area contributed by atoms with Gasteiger partial charge in [0, 0.05) is 25.4 Å². The zero-order valence-corrected chi connectivity index (χ0v) is 23.5. The largest absolute Gasteiger partial charge is 0.493 e. The summed E-state index contributed by atoms with van der Waals surface area (Å²) in [7, 11) is 0. The molecule has 0 N–H and O–H groups in total. The number of imidazole rings is 1. The third-order valence-corrected chi connectivity index (χ3v) is 7.45. The first-order valence-electron chi connectivity index (χ1n) is 14.2. The maximum absolute atomic E-state index is 13.2. The molecule has 1 aromatic heterocycles. The van der Waals surface area contributed by atoms with Crippen LogP contribution in [0.4, 0.5) is 5.69 Å². The summed E-state index contributed by atoms with van der Waals surface area (Å²) >= 11 is 0. The minimum Gasteiger partial charge on any atom is -0.493 e. The number of carbonyl (C=O) groups excluding carboxylic acids is 1. The third kappa shape index (κ3) is 5.80. The molecule has 6 heteroatoms. The lowest BCUT2D eigenvalue weighted by molar-refractivity contribution is -0.117. The fraction of sp³-hybridized carbons (Fsp3) is 0.394. The first-order valence-corrected chi connectivity index (χ1v) is 14.2. The molecular formula is C33H39N3O3. The number of unbranched alkanes of at least 4 members (excludes halogenated alkanes) is 1. The number of carbonyl (C=O) groups is 1. The van der Waals surface area contributed by atoms with Crippen molar-refractivity contribution < 1.29 is 14.3 Å². The van der Waals surface area contributed by atoms with Crippen LogP contribution in [0, 0.1) is 6.92 Å². The van der Waals surface area contributed by atoms with E-state index < -0.39 is 0 Å². The monoisotopic (exact) mass is 525 g/mol. The second-order valence-corrected chi connectivity index (χ2v) is 10.7. The predicted molar refractivity (Wildman–Crippen MR) is 157 cm³/mol. The molecule has 204 valence electrons. The minimum atomic E-state index is 0.0247. The molecule has 0 bridgehead atoms. The maximum Gasteiger partial charge on any atom is 0.227 e. The zero-order valence-electron chi connectivity index (χ0n) is 23.5. The first kappa shape index (κ1) is 26.8. The van der Waals surface area contributed by atoms with E-state index >= 15 is 0 Å². The van der Waals surface area contributed by atoms with Crippen LogP contribution in [-0.2, 0) is 11.3 Å². The van der Waals surface area contributed by atoms with E-state index in [1.54, 1.807) is 0 Å². The van der Waals surface area contributed by atoms with Crippen molar-refractivity contribution in [1.29, 1.82) is 0 Å². The molecule has 1 amide bonds. The fourth-order valence-electron chi connectivity index (χ4n) is 5.51. The lowest BCUT2D eigenvalue weighted by atomic mass is 10.0. The Balaban J connectivity index is 1.30. The summed E-state index contributed by atoms with van der Waals surface area (Å²) in [6.45, 7) is 11.1. The summed E-state index contributed by atoms with van der Waals surface area (Å²) in [6.07, 6.45) is 2.35. The van der Waals surface area contributed by atoms with Crippen molar-refractivity contribution in [3.63, 3.8) is 0 Å². The summed E-state index contributed by atoms with van der Waals surface area (Å²) in [5.74, 6) is 3.29. The molecule has 1 aliphatic rings. The number of nitrogens with zero attached hydrogens (tertiary/aromatic N) is 3. The van der Waals surface area contributed by atoms with Crippen LogP contribution in [0.5, 0.6) is 11.5 Å². The van der Waals surface area contributed by atoms with E-state index in [0.29, 0.717) is 32.1 Å². The second kappa shape index (κ2) is 11.9. The summed E-state index contributed by atoms with van der Waals surface area (Å²) in [4.78, 5) is 20.1. The Kier molecular flexibility index (Phi) is 8.20. The predicted octanol–water partition coefficient (Wildman–Crippen LogP) is 7.25. The number of fused-ring (bicyclic) bond motifs is 1. The van der Waals surface area contributed by atoms with Gasteiger partial charge in [0.15, 0.2) is 0 Å². The van der Waals surface area contributed by atoms with Gasteiger partial charge in [0.05, 0.1) is 29.9 Å². The van der Waals surface area contributed by atoms with Crippen molar-refractivity contribution in [2.24, 2.45) is 0 Å². The first-order chi connectivity index (χ1) is 19.0. The Morgan fingerprint density at radius 1 is 0.974 bits per heavy atom. The van der Waals surface area contributed by atoms with E-state index in [2.05, 4.69) is 61.7 Å². The Labute approximate surface area is 231 Å². The van der Waals surface area contributed by atoms with Gasteiger partial charge >= 0.3 is 0 Å². The topological polar surface area (TPSA) is 56.6 Å². The quantitative estimate of drug-likeness (QED) is 0.194. The molecule has 1 aliphatic heterocycles. The average molecular weight is 526 g/mol. The Morgan fingerprint density at radius 2 is 1.77 bits per heavy atom. The van der Waals surface area contributed by atoms with E-state index in [9.17, 15) is 4.79 Å². The van der Waals surface area contributed by atoms with E-state index in [4.69, 9.17) is 14.5 Å². The Bertz CT molecular complexity index is 1440. The Morgan fingerprint density at radius 3 is 2.59 bits per heavy atom. The smallest absolute Gasteiger partial charge is 0.227 e. The molecule has 39 heavy (non-hydrogen) atoms. The molecule has 0 radical (unpaired) electrons. The molecular weight excluding hydrogens is 486 g/mol. The van der Waals surface area contributed by atoms with Crippen LogP contribution in [0.2, 0.25) is 0 Å². The van der Waals surface area contributed by atoms with Crippen molar-refractivity contribution in [1.82, 2.24) is 9.55 Å². The summed E-state index contributed by atoms with van der Waals surface area (Å²) in [6, 6.07) is 22.5. The van der Waals surface area contributed by atoms with Gasteiger partial charge in [0.25, 0.3) is 0 Å². The zero-order chi connectivity index (χ0) is 27.4.